The number of nitrogens with two attached hydrogens (primary N) is 1. The Kier molecular flexibility index (Phi) is 5.99. The van der Waals surface area contributed by atoms with Crippen LogP contribution in [0.1, 0.15) is 30.5 Å². The molecule has 1 atom stereocenters. The van der Waals surface area contributed by atoms with E-state index in [1.54, 1.807) is 24.3 Å². The Morgan fingerprint density at radius 2 is 1.53 bits per heavy atom. The first-order valence-electron chi connectivity index (χ1n) is 10.2. The maximum absolute atomic E-state index is 13.1. The molecule has 1 unspecified atom stereocenters. The second-order valence-electron chi connectivity index (χ2n) is 8.96. The van der Waals surface area contributed by atoms with Crippen molar-refractivity contribution in [3.8, 4) is 0 Å². The summed E-state index contributed by atoms with van der Waals surface area (Å²) in [4.78, 5) is 12.3. The van der Waals surface area contributed by atoms with Gasteiger partial charge in [0.1, 0.15) is 4.90 Å². The Hall–Kier alpha value is -2.44. The summed E-state index contributed by atoms with van der Waals surface area (Å²) >= 11 is 0. The molecule has 1 aliphatic rings. The van der Waals surface area contributed by atoms with Gasteiger partial charge in [0, 0.05) is 17.5 Å². The van der Waals surface area contributed by atoms with E-state index in [-0.39, 0.29) is 36.4 Å². The molecule has 3 rings (SSSR count). The van der Waals surface area contributed by atoms with E-state index in [1.165, 1.54) is 11.0 Å². The summed E-state index contributed by atoms with van der Waals surface area (Å²) in [5.74, 6) is -0.884. The molecule has 2 N–H and O–H groups in total. The highest BCUT2D eigenvalue weighted by molar-refractivity contribution is 8.45. The van der Waals surface area contributed by atoms with Crippen LogP contribution in [0.2, 0.25) is 0 Å². The average Bonchev–Trinajstić information content (AvgIpc) is 3.03. The minimum atomic E-state index is -9.82. The summed E-state index contributed by atoms with van der Waals surface area (Å²) in [5, 5.41) is 1.02. The van der Waals surface area contributed by atoms with Crippen LogP contribution in [0.3, 0.4) is 0 Å². The van der Waals surface area contributed by atoms with Crippen molar-refractivity contribution >= 4 is 26.0 Å². The summed E-state index contributed by atoms with van der Waals surface area (Å²) in [6.07, 6.45) is 0.987. The maximum atomic E-state index is 13.1. The standard InChI is InChI=1S/C22H25F5N2O3S2/c1-22(2,28)18-7-3-17(4-8-18)14-29(19-11-12-33(31,32)15-19)21(30)13-16-5-9-20(10-6-16)34(23,24,25,26)27/h3-12,19H,13-15,28H2,1-2H3. The van der Waals surface area contributed by atoms with E-state index in [0.717, 1.165) is 23.1 Å². The number of halogens is 5. The molecule has 2 aromatic rings. The number of hydrogen-bond acceptors (Lipinski definition) is 4. The predicted molar refractivity (Wildman–Crippen MR) is 122 cm³/mol. The zero-order chi connectivity index (χ0) is 25.6. The van der Waals surface area contributed by atoms with E-state index in [1.807, 2.05) is 13.8 Å². The van der Waals surface area contributed by atoms with E-state index in [9.17, 15) is 32.6 Å². The van der Waals surface area contributed by atoms with Crippen molar-refractivity contribution in [2.45, 2.75) is 43.3 Å². The molecule has 188 valence electrons. The first-order valence-corrected chi connectivity index (χ1v) is 13.8. The van der Waals surface area contributed by atoms with Gasteiger partial charge in [0.05, 0.1) is 18.2 Å². The minimum absolute atomic E-state index is 0.0399. The fraction of sp³-hybridized carbons (Fsp3) is 0.318. The van der Waals surface area contributed by atoms with Crippen LogP contribution in [0, 0.1) is 0 Å². The monoisotopic (exact) mass is 524 g/mol. The summed E-state index contributed by atoms with van der Waals surface area (Å²) in [7, 11) is -13.3. The SMILES string of the molecule is CC(C)(N)c1ccc(CN(C(=O)Cc2ccc(S(F)(F)(F)(F)F)cc2)C2C=CS(=O)(=O)C2)cc1. The van der Waals surface area contributed by atoms with Crippen LogP contribution < -0.4 is 5.73 Å². The van der Waals surface area contributed by atoms with Gasteiger partial charge in [-0.2, -0.15) is 0 Å². The molecule has 0 saturated carbocycles. The third-order valence-electron chi connectivity index (χ3n) is 5.41. The highest BCUT2D eigenvalue weighted by atomic mass is 32.5. The Bertz CT molecular complexity index is 1220. The normalized spacial score (nSPS) is 19.9. The number of sulfone groups is 1. The molecule has 0 bridgehead atoms. The van der Waals surface area contributed by atoms with Gasteiger partial charge in [-0.15, -0.1) is 0 Å². The smallest absolute Gasteiger partial charge is 0.310 e. The topological polar surface area (TPSA) is 80.5 Å². The fourth-order valence-electron chi connectivity index (χ4n) is 3.52. The Labute approximate surface area is 195 Å². The van der Waals surface area contributed by atoms with Gasteiger partial charge in [-0.25, -0.2) is 8.42 Å². The second kappa shape index (κ2) is 7.79. The Morgan fingerprint density at radius 3 is 1.97 bits per heavy atom. The van der Waals surface area contributed by atoms with Crippen LogP contribution in [-0.4, -0.2) is 31.0 Å². The van der Waals surface area contributed by atoms with Gasteiger partial charge in [-0.05, 0) is 48.7 Å². The molecule has 0 fully saturated rings. The van der Waals surface area contributed by atoms with Crippen LogP contribution >= 0.6 is 10.2 Å². The van der Waals surface area contributed by atoms with E-state index >= 15 is 0 Å². The van der Waals surface area contributed by atoms with Crippen LogP contribution in [0.4, 0.5) is 19.4 Å². The number of amides is 1. The van der Waals surface area contributed by atoms with Crippen LogP contribution in [0.5, 0.6) is 0 Å². The van der Waals surface area contributed by atoms with Gasteiger partial charge in [0.25, 0.3) is 0 Å². The Balaban J connectivity index is 1.84. The second-order valence-corrected chi connectivity index (χ2v) is 13.3. The van der Waals surface area contributed by atoms with Crippen molar-refractivity contribution < 1.29 is 32.6 Å². The quantitative estimate of drug-likeness (QED) is 0.491. The number of nitrogens with zero attached hydrogens (tertiary/aromatic N) is 1. The lowest BCUT2D eigenvalue weighted by Crippen LogP contribution is -2.41. The average molecular weight is 525 g/mol. The van der Waals surface area contributed by atoms with Gasteiger partial charge < -0.3 is 10.6 Å². The van der Waals surface area contributed by atoms with Crippen LogP contribution in [0.25, 0.3) is 0 Å². The van der Waals surface area contributed by atoms with Crippen LogP contribution in [-0.2, 0) is 33.1 Å². The van der Waals surface area contributed by atoms with Crippen molar-refractivity contribution in [2.24, 2.45) is 5.73 Å². The molecule has 0 radical (unpaired) electrons. The van der Waals surface area contributed by atoms with Crippen molar-refractivity contribution in [3.63, 3.8) is 0 Å². The summed E-state index contributed by atoms with van der Waals surface area (Å²) < 4.78 is 88.5. The minimum Gasteiger partial charge on any atom is -0.331 e. The largest absolute Gasteiger partial charge is 0.331 e. The van der Waals surface area contributed by atoms with E-state index in [4.69, 9.17) is 5.73 Å². The molecule has 0 saturated heterocycles. The van der Waals surface area contributed by atoms with Crippen molar-refractivity contribution in [1.82, 2.24) is 4.90 Å². The third kappa shape index (κ3) is 6.57. The molecule has 5 nitrogen and oxygen atoms in total. The highest BCUT2D eigenvalue weighted by Gasteiger charge is 2.65. The number of benzene rings is 2. The molecule has 1 aliphatic heterocycles. The first-order chi connectivity index (χ1) is 15.2. The number of hydrogen-bond donors (Lipinski definition) is 1. The number of carbonyl (C=O) groups is 1. The summed E-state index contributed by atoms with van der Waals surface area (Å²) in [6.45, 7) is 3.69. The van der Waals surface area contributed by atoms with Crippen molar-refractivity contribution in [3.05, 3.63) is 76.7 Å². The van der Waals surface area contributed by atoms with Gasteiger partial charge in [-0.1, -0.05) is 55.8 Å². The lowest BCUT2D eigenvalue weighted by atomic mass is 9.94. The van der Waals surface area contributed by atoms with Gasteiger partial charge in [-0.3, -0.25) is 4.79 Å². The lowest BCUT2D eigenvalue weighted by Gasteiger charge is -2.40. The molecule has 2 aromatic carbocycles. The van der Waals surface area contributed by atoms with Crippen LogP contribution in [0.15, 0.2) is 64.9 Å². The molecule has 0 spiro atoms. The third-order valence-corrected chi connectivity index (χ3v) is 7.95. The summed E-state index contributed by atoms with van der Waals surface area (Å²) in [5.41, 5.74) is 7.11. The van der Waals surface area contributed by atoms with Gasteiger partial charge in [0.2, 0.25) is 5.91 Å². The molecule has 34 heavy (non-hydrogen) atoms. The zero-order valence-corrected chi connectivity index (χ0v) is 20.1. The van der Waals surface area contributed by atoms with Crippen molar-refractivity contribution in [1.29, 1.82) is 0 Å². The Morgan fingerprint density at radius 1 is 1.00 bits per heavy atom. The highest BCUT2D eigenvalue weighted by Crippen LogP contribution is 3.02. The zero-order valence-electron chi connectivity index (χ0n) is 18.4. The van der Waals surface area contributed by atoms with E-state index in [0.29, 0.717) is 5.56 Å². The first kappa shape index (κ1) is 26.2. The van der Waals surface area contributed by atoms with Crippen molar-refractivity contribution in [2.75, 3.05) is 5.75 Å². The molecule has 0 aromatic heterocycles. The number of carbonyl (C=O) groups excluding carboxylic acids is 1. The van der Waals surface area contributed by atoms with Gasteiger partial charge in [0.15, 0.2) is 9.84 Å². The van der Waals surface area contributed by atoms with E-state index < -0.39 is 42.4 Å². The summed E-state index contributed by atoms with van der Waals surface area (Å²) in [6, 6.07) is 8.46. The molecular formula is C22H25F5N2O3S2. The number of rotatable bonds is 7. The predicted octanol–water partition coefficient (Wildman–Crippen LogP) is 5.42. The molecule has 1 amide bonds. The van der Waals surface area contributed by atoms with E-state index in [2.05, 4.69) is 0 Å². The molecule has 1 heterocycles. The fourth-order valence-corrected chi connectivity index (χ4v) is 5.47. The lowest BCUT2D eigenvalue weighted by molar-refractivity contribution is -0.132. The molecule has 12 heteroatoms. The molecular weight excluding hydrogens is 499 g/mol. The van der Waals surface area contributed by atoms with Gasteiger partial charge >= 0.3 is 10.2 Å². The molecule has 0 aliphatic carbocycles. The maximum Gasteiger partial charge on any atom is 0.310 e.